The fourth-order valence-electron chi connectivity index (χ4n) is 3.04. The molecule has 0 aliphatic carbocycles. The first kappa shape index (κ1) is 20.3. The van der Waals surface area contributed by atoms with E-state index in [1.165, 1.54) is 9.21 Å². The van der Waals surface area contributed by atoms with Gasteiger partial charge in [-0.15, -0.1) is 0 Å². The van der Waals surface area contributed by atoms with Crippen molar-refractivity contribution in [3.8, 4) is 5.69 Å². The summed E-state index contributed by atoms with van der Waals surface area (Å²) in [5.74, 6) is 0. The van der Waals surface area contributed by atoms with E-state index >= 15 is 0 Å². The molecule has 1 aliphatic heterocycles. The summed E-state index contributed by atoms with van der Waals surface area (Å²) in [6, 6.07) is 7.23. The Hall–Kier alpha value is -2.43. The van der Waals surface area contributed by atoms with E-state index in [0.717, 1.165) is 11.3 Å². The molecule has 1 aromatic carbocycles. The third kappa shape index (κ3) is 4.70. The molecule has 1 fully saturated rings. The number of carbonyl (C=O) groups excluding carboxylic acids is 1. The second-order valence-corrected chi connectivity index (χ2v) is 8.19. The molecule has 0 spiro atoms. The molecule has 1 aliphatic rings. The van der Waals surface area contributed by atoms with Crippen molar-refractivity contribution in [2.75, 3.05) is 32.8 Å². The largest absolute Gasteiger partial charge is 0.450 e. The van der Waals surface area contributed by atoms with Crippen LogP contribution in [0.25, 0.3) is 5.69 Å². The van der Waals surface area contributed by atoms with Gasteiger partial charge in [0.2, 0.25) is 0 Å². The highest BCUT2D eigenvalue weighted by Crippen LogP contribution is 2.18. The maximum atomic E-state index is 12.7. The zero-order chi connectivity index (χ0) is 20.1. The molecule has 2 heterocycles. The maximum Gasteiger partial charge on any atom is 0.409 e. The lowest BCUT2D eigenvalue weighted by Crippen LogP contribution is -2.53. The fraction of sp³-hybridized carbons (Fsp3) is 0.444. The number of nitrogens with zero attached hydrogens (tertiary/aromatic N) is 4. The molecule has 28 heavy (non-hydrogen) atoms. The summed E-state index contributed by atoms with van der Waals surface area (Å²) in [5.41, 5.74) is 1.81. The number of nitrogens with one attached hydrogen (secondary N) is 1. The SMILES string of the molecule is CCOC(=O)N1CCN(S(=O)(=O)NC(C)c2ccc(-n3ccnc3)cc2)CC1. The molecule has 3 rings (SSSR count). The van der Waals surface area contributed by atoms with Crippen molar-refractivity contribution in [3.63, 3.8) is 0 Å². The van der Waals surface area contributed by atoms with Crippen molar-refractivity contribution < 1.29 is 17.9 Å². The topological polar surface area (TPSA) is 96.8 Å². The van der Waals surface area contributed by atoms with Crippen LogP contribution in [0.1, 0.15) is 25.5 Å². The number of amides is 1. The van der Waals surface area contributed by atoms with Crippen LogP contribution < -0.4 is 4.72 Å². The van der Waals surface area contributed by atoms with E-state index in [0.29, 0.717) is 19.7 Å². The molecular formula is C18H25N5O4S. The van der Waals surface area contributed by atoms with Gasteiger partial charge in [0.05, 0.1) is 12.9 Å². The molecule has 0 bridgehead atoms. The standard InChI is InChI=1S/C18H25N5O4S/c1-3-27-18(24)21-10-12-23(13-11-21)28(25,26)20-15(2)16-4-6-17(7-5-16)22-9-8-19-14-22/h4-9,14-15,20H,3,10-13H2,1-2H3. The Labute approximate surface area is 165 Å². The molecule has 9 nitrogen and oxygen atoms in total. The van der Waals surface area contributed by atoms with E-state index in [-0.39, 0.29) is 19.1 Å². The minimum absolute atomic E-state index is 0.237. The van der Waals surface area contributed by atoms with Crippen molar-refractivity contribution in [1.82, 2.24) is 23.5 Å². The molecule has 1 unspecified atom stereocenters. The zero-order valence-corrected chi connectivity index (χ0v) is 16.8. The Bertz CT molecular complexity index is 875. The minimum Gasteiger partial charge on any atom is -0.450 e. The van der Waals surface area contributed by atoms with Crippen molar-refractivity contribution in [3.05, 3.63) is 48.5 Å². The lowest BCUT2D eigenvalue weighted by atomic mass is 10.1. The molecule has 0 radical (unpaired) electrons. The Balaban J connectivity index is 1.59. The summed E-state index contributed by atoms with van der Waals surface area (Å²) in [6.07, 6.45) is 4.85. The number of piperazine rings is 1. The van der Waals surface area contributed by atoms with E-state index in [2.05, 4.69) is 9.71 Å². The third-order valence-electron chi connectivity index (χ3n) is 4.63. The lowest BCUT2D eigenvalue weighted by Gasteiger charge is -2.33. The Kier molecular flexibility index (Phi) is 6.32. The normalized spacial score (nSPS) is 16.7. The van der Waals surface area contributed by atoms with E-state index in [9.17, 15) is 13.2 Å². The first-order valence-electron chi connectivity index (χ1n) is 9.18. The second-order valence-electron chi connectivity index (χ2n) is 6.49. The maximum absolute atomic E-state index is 12.7. The summed E-state index contributed by atoms with van der Waals surface area (Å²) in [6.45, 7) is 4.95. The van der Waals surface area contributed by atoms with Gasteiger partial charge in [0.1, 0.15) is 0 Å². The molecule has 1 N–H and O–H groups in total. The first-order valence-corrected chi connectivity index (χ1v) is 10.6. The fourth-order valence-corrected chi connectivity index (χ4v) is 4.41. The monoisotopic (exact) mass is 407 g/mol. The van der Waals surface area contributed by atoms with Crippen molar-refractivity contribution in [1.29, 1.82) is 0 Å². The van der Waals surface area contributed by atoms with Crippen LogP contribution in [0.15, 0.2) is 43.0 Å². The number of ether oxygens (including phenoxy) is 1. The smallest absolute Gasteiger partial charge is 0.409 e. The molecule has 1 atom stereocenters. The van der Waals surface area contributed by atoms with Crippen LogP contribution >= 0.6 is 0 Å². The predicted octanol–water partition coefficient (Wildman–Crippen LogP) is 1.54. The number of rotatable bonds is 6. The van der Waals surface area contributed by atoms with E-state index in [1.807, 2.05) is 35.0 Å². The van der Waals surface area contributed by atoms with Gasteiger partial charge in [-0.05, 0) is 31.5 Å². The van der Waals surface area contributed by atoms with Gasteiger partial charge in [-0.1, -0.05) is 12.1 Å². The molecule has 0 saturated carbocycles. The summed E-state index contributed by atoms with van der Waals surface area (Å²) >= 11 is 0. The molecule has 152 valence electrons. The molecule has 1 amide bonds. The lowest BCUT2D eigenvalue weighted by molar-refractivity contribution is 0.0931. The molecule has 2 aromatic rings. The van der Waals surface area contributed by atoms with Gasteiger partial charge in [-0.2, -0.15) is 17.4 Å². The number of imidazole rings is 1. The first-order chi connectivity index (χ1) is 13.4. The molecule has 1 saturated heterocycles. The Morgan fingerprint density at radius 1 is 1.21 bits per heavy atom. The van der Waals surface area contributed by atoms with Crippen molar-refractivity contribution in [2.45, 2.75) is 19.9 Å². The average Bonchev–Trinajstić information content (AvgIpc) is 3.23. The Morgan fingerprint density at radius 3 is 2.46 bits per heavy atom. The number of benzene rings is 1. The van der Waals surface area contributed by atoms with Crippen LogP contribution in [-0.2, 0) is 14.9 Å². The van der Waals surface area contributed by atoms with E-state index < -0.39 is 16.3 Å². The minimum atomic E-state index is -3.66. The van der Waals surface area contributed by atoms with E-state index in [1.54, 1.807) is 26.4 Å². The highest BCUT2D eigenvalue weighted by molar-refractivity contribution is 7.87. The molecule has 1 aromatic heterocycles. The van der Waals surface area contributed by atoms with Gasteiger partial charge in [0.15, 0.2) is 0 Å². The van der Waals surface area contributed by atoms with Gasteiger partial charge >= 0.3 is 6.09 Å². The van der Waals surface area contributed by atoms with Crippen LogP contribution in [0.2, 0.25) is 0 Å². The summed E-state index contributed by atoms with van der Waals surface area (Å²) in [5, 5.41) is 0. The highest BCUT2D eigenvalue weighted by Gasteiger charge is 2.30. The molecular weight excluding hydrogens is 382 g/mol. The van der Waals surface area contributed by atoms with E-state index in [4.69, 9.17) is 4.74 Å². The average molecular weight is 407 g/mol. The summed E-state index contributed by atoms with van der Waals surface area (Å²) in [7, 11) is -3.66. The highest BCUT2D eigenvalue weighted by atomic mass is 32.2. The Morgan fingerprint density at radius 2 is 1.89 bits per heavy atom. The quantitative estimate of drug-likeness (QED) is 0.784. The van der Waals surface area contributed by atoms with Crippen molar-refractivity contribution >= 4 is 16.3 Å². The van der Waals surface area contributed by atoms with Gasteiger partial charge < -0.3 is 14.2 Å². The van der Waals surface area contributed by atoms with Crippen molar-refractivity contribution in [2.24, 2.45) is 0 Å². The van der Waals surface area contributed by atoms with Crippen LogP contribution in [0.4, 0.5) is 4.79 Å². The van der Waals surface area contributed by atoms with Gasteiger partial charge in [-0.3, -0.25) is 0 Å². The van der Waals surface area contributed by atoms with Crippen LogP contribution in [0, 0.1) is 0 Å². The number of aromatic nitrogens is 2. The van der Waals surface area contributed by atoms with Gasteiger partial charge in [0.25, 0.3) is 10.2 Å². The van der Waals surface area contributed by atoms with Crippen LogP contribution in [0.3, 0.4) is 0 Å². The molecule has 10 heteroatoms. The predicted molar refractivity (Wildman–Crippen MR) is 104 cm³/mol. The summed E-state index contributed by atoms with van der Waals surface area (Å²) in [4.78, 5) is 17.3. The number of carbonyl (C=O) groups is 1. The van der Waals surface area contributed by atoms with Crippen LogP contribution in [0.5, 0.6) is 0 Å². The summed E-state index contributed by atoms with van der Waals surface area (Å²) < 4.78 is 36.3. The zero-order valence-electron chi connectivity index (χ0n) is 16.0. The van der Waals surface area contributed by atoms with Gasteiger partial charge in [-0.25, -0.2) is 9.78 Å². The number of hydrogen-bond donors (Lipinski definition) is 1. The number of hydrogen-bond acceptors (Lipinski definition) is 5. The van der Waals surface area contributed by atoms with Gasteiger partial charge in [0, 0.05) is 50.3 Å². The second kappa shape index (κ2) is 8.72. The van der Waals surface area contributed by atoms with Crippen LogP contribution in [-0.4, -0.2) is 66.1 Å². The third-order valence-corrected chi connectivity index (χ3v) is 6.32.